The van der Waals surface area contributed by atoms with Crippen molar-refractivity contribution in [3.8, 4) is 0 Å². The van der Waals surface area contributed by atoms with E-state index >= 15 is 0 Å². The van der Waals surface area contributed by atoms with E-state index in [1.165, 1.54) is 64.0 Å². The summed E-state index contributed by atoms with van der Waals surface area (Å²) in [6.07, 6.45) is 0. The van der Waals surface area contributed by atoms with Gasteiger partial charge in [0.25, 0.3) is 0 Å². The Labute approximate surface area is 142 Å². The number of hydrogen-bond donors (Lipinski definition) is 0. The monoisotopic (exact) mass is 390 g/mol. The fraction of sp³-hybridized carbons (Fsp3) is 1.00. The molecule has 0 bridgehead atoms. The largest absolute Gasteiger partial charge is 0.515 e. The van der Waals surface area contributed by atoms with Crippen LogP contribution in [0.4, 0.5) is 0 Å². The average Bonchev–Trinajstić information content (AvgIpc) is 2.61. The third-order valence-electron chi connectivity index (χ3n) is 4.26. The van der Waals surface area contributed by atoms with E-state index in [0.717, 1.165) is 0 Å². The van der Waals surface area contributed by atoms with Gasteiger partial charge in [-0.3, -0.25) is 0 Å². The van der Waals surface area contributed by atoms with E-state index < -0.39 is 30.7 Å². The minimum Gasteiger partial charge on any atom is -0.377 e. The Bertz CT molecular complexity index is 271. The molecule has 0 atom stereocenters. The van der Waals surface area contributed by atoms with E-state index in [2.05, 4.69) is 0 Å². The molecule has 0 heterocycles. The molecule has 0 aromatic heterocycles. The maximum atomic E-state index is 5.71. The van der Waals surface area contributed by atoms with Crippen molar-refractivity contribution >= 4 is 26.4 Å². The molecule has 23 heavy (non-hydrogen) atoms. The second-order valence-electron chi connectivity index (χ2n) is 4.63. The summed E-state index contributed by atoms with van der Waals surface area (Å²) in [7, 11) is 2.87. The van der Waals surface area contributed by atoms with E-state index in [1.807, 2.05) is 0 Å². The highest BCUT2D eigenvalue weighted by Crippen LogP contribution is 2.55. The van der Waals surface area contributed by atoms with Crippen LogP contribution in [0.15, 0.2) is 0 Å². The van der Waals surface area contributed by atoms with Crippen LogP contribution in [0, 0.1) is 0 Å². The molecule has 0 saturated heterocycles. The number of rotatable bonds is 12. The van der Waals surface area contributed by atoms with Gasteiger partial charge < -0.3 is 39.8 Å². The van der Waals surface area contributed by atoms with Gasteiger partial charge in [0.05, 0.1) is 0 Å². The Morgan fingerprint density at radius 2 is 0.522 bits per heavy atom. The van der Waals surface area contributed by atoms with Gasteiger partial charge in [0, 0.05) is 64.0 Å². The van der Waals surface area contributed by atoms with Gasteiger partial charge in [-0.05, 0) is 6.92 Å². The molecule has 0 spiro atoms. The van der Waals surface area contributed by atoms with Crippen molar-refractivity contribution in [1.29, 1.82) is 0 Å². The quantitative estimate of drug-likeness (QED) is 0.441. The molecule has 0 aliphatic rings. The first-order valence-electron chi connectivity index (χ1n) is 6.76. The molecule has 0 aromatic carbocycles. The van der Waals surface area contributed by atoms with Gasteiger partial charge in [-0.1, -0.05) is 0 Å². The highest BCUT2D eigenvalue weighted by Gasteiger charge is 2.86. The van der Waals surface area contributed by atoms with Crippen molar-refractivity contribution in [2.24, 2.45) is 0 Å². The molecule has 140 valence electrons. The van der Waals surface area contributed by atoms with E-state index in [1.54, 1.807) is 6.92 Å². The van der Waals surface area contributed by atoms with Gasteiger partial charge in [-0.25, -0.2) is 0 Å². The van der Waals surface area contributed by atoms with Gasteiger partial charge in [0.2, 0.25) is 0 Å². The van der Waals surface area contributed by atoms with Crippen molar-refractivity contribution in [3.05, 3.63) is 0 Å². The molecule has 0 N–H and O–H groups in total. The predicted octanol–water partition coefficient (Wildman–Crippen LogP) is 0.459. The Balaban J connectivity index is 6.86. The van der Waals surface area contributed by atoms with Crippen molar-refractivity contribution in [2.75, 3.05) is 64.0 Å². The lowest BCUT2D eigenvalue weighted by atomic mass is 10.9. The average molecular weight is 391 g/mol. The smallest absolute Gasteiger partial charge is 0.377 e. The fourth-order valence-corrected chi connectivity index (χ4v) is 18.3. The molecule has 0 aliphatic carbocycles. The third-order valence-corrected chi connectivity index (χ3v) is 18.3. The first-order chi connectivity index (χ1) is 10.8. The molecule has 0 fully saturated rings. The first-order valence-corrected chi connectivity index (χ1v) is 11.9. The highest BCUT2D eigenvalue weighted by atomic mass is 28.5. The van der Waals surface area contributed by atoms with Crippen LogP contribution in [-0.4, -0.2) is 90.4 Å². The molecular formula is C11H30O9Si3. The van der Waals surface area contributed by atoms with E-state index in [-0.39, 0.29) is 0 Å². The van der Waals surface area contributed by atoms with Gasteiger partial charge in [-0.2, -0.15) is 0 Å². The molecule has 0 radical (unpaired) electrons. The van der Waals surface area contributed by atoms with Crippen molar-refractivity contribution < 1.29 is 39.8 Å². The zero-order valence-corrected chi connectivity index (χ0v) is 18.7. The lowest BCUT2D eigenvalue weighted by Crippen LogP contribution is -2.79. The standard InChI is InChI=1S/C11H30O9Si3/c1-11(21(12-2,13-3)14-4,22(15-5,16-6)17-7)23(18-8,19-9)20-10/h1-10H3. The van der Waals surface area contributed by atoms with Gasteiger partial charge in [0.15, 0.2) is 4.28 Å². The Morgan fingerprint density at radius 1 is 0.391 bits per heavy atom. The minimum absolute atomic E-state index is 1.19. The Hall–Kier alpha value is 0.291. The number of hydrogen-bond acceptors (Lipinski definition) is 9. The molecular weight excluding hydrogens is 360 g/mol. The topological polar surface area (TPSA) is 83.1 Å². The van der Waals surface area contributed by atoms with Crippen LogP contribution in [-0.2, 0) is 39.8 Å². The second-order valence-corrected chi connectivity index (χ2v) is 16.1. The summed E-state index contributed by atoms with van der Waals surface area (Å²) in [5.41, 5.74) is 0. The van der Waals surface area contributed by atoms with Crippen molar-refractivity contribution in [2.45, 2.75) is 11.2 Å². The summed E-state index contributed by atoms with van der Waals surface area (Å²) in [5.74, 6) is 0. The van der Waals surface area contributed by atoms with Crippen LogP contribution in [0.2, 0.25) is 4.28 Å². The predicted molar refractivity (Wildman–Crippen MR) is 88.7 cm³/mol. The summed E-state index contributed by atoms with van der Waals surface area (Å²) in [6, 6.07) is 0. The van der Waals surface area contributed by atoms with Crippen LogP contribution >= 0.6 is 0 Å². The lowest BCUT2D eigenvalue weighted by molar-refractivity contribution is 0.0360. The van der Waals surface area contributed by atoms with Crippen LogP contribution in [0.3, 0.4) is 0 Å². The molecule has 0 amide bonds. The third kappa shape index (κ3) is 3.11. The zero-order chi connectivity index (χ0) is 18.4. The van der Waals surface area contributed by atoms with Gasteiger partial charge in [-0.15, -0.1) is 0 Å². The van der Waals surface area contributed by atoms with Crippen molar-refractivity contribution in [3.63, 3.8) is 0 Å². The van der Waals surface area contributed by atoms with Crippen LogP contribution in [0.25, 0.3) is 0 Å². The SMILES string of the molecule is CO[Si](OC)(OC)C(C)([Si](OC)(OC)OC)[Si](OC)(OC)OC. The molecule has 0 aliphatic heterocycles. The summed E-state index contributed by atoms with van der Waals surface area (Å²) < 4.78 is 50.2. The van der Waals surface area contributed by atoms with Crippen molar-refractivity contribution in [1.82, 2.24) is 0 Å². The fourth-order valence-electron chi connectivity index (χ4n) is 3.15. The van der Waals surface area contributed by atoms with Gasteiger partial charge >= 0.3 is 26.4 Å². The normalized spacial score (nSPS) is 14.3. The molecule has 12 heteroatoms. The highest BCUT2D eigenvalue weighted by molar-refractivity contribution is 7.02. The first kappa shape index (κ1) is 23.3. The second kappa shape index (κ2) is 9.12. The lowest BCUT2D eigenvalue weighted by Gasteiger charge is -2.51. The summed E-state index contributed by atoms with van der Waals surface area (Å²) in [4.78, 5) is 0. The minimum atomic E-state index is -3.49. The molecule has 9 nitrogen and oxygen atoms in total. The summed E-state index contributed by atoms with van der Waals surface area (Å²) in [6.45, 7) is 1.78. The van der Waals surface area contributed by atoms with Crippen LogP contribution in [0.5, 0.6) is 0 Å². The molecule has 0 saturated carbocycles. The Morgan fingerprint density at radius 3 is 0.609 bits per heavy atom. The van der Waals surface area contributed by atoms with E-state index in [0.29, 0.717) is 0 Å². The molecule has 0 rings (SSSR count). The van der Waals surface area contributed by atoms with Crippen LogP contribution in [0.1, 0.15) is 6.92 Å². The Kier molecular flexibility index (Phi) is 9.23. The van der Waals surface area contributed by atoms with E-state index in [9.17, 15) is 0 Å². The van der Waals surface area contributed by atoms with Crippen LogP contribution < -0.4 is 0 Å². The maximum absolute atomic E-state index is 5.71. The zero-order valence-electron chi connectivity index (χ0n) is 15.7. The van der Waals surface area contributed by atoms with E-state index in [4.69, 9.17) is 39.8 Å². The molecule has 0 aromatic rings. The summed E-state index contributed by atoms with van der Waals surface area (Å²) in [5, 5.41) is 0. The molecule has 0 unspecified atom stereocenters. The van der Waals surface area contributed by atoms with Gasteiger partial charge in [0.1, 0.15) is 0 Å². The maximum Gasteiger partial charge on any atom is 0.515 e. The summed E-state index contributed by atoms with van der Waals surface area (Å²) >= 11 is 0.